The van der Waals surface area contributed by atoms with Crippen molar-refractivity contribution in [3.63, 3.8) is 0 Å². The molecule has 3 nitrogen and oxygen atoms in total. The molecule has 2 saturated heterocycles. The summed E-state index contributed by atoms with van der Waals surface area (Å²) in [4.78, 5) is 2.54. The number of nitrogens with one attached hydrogen (secondary N) is 1. The molecule has 116 valence electrons. The molecule has 2 fully saturated rings. The molecular weight excluding hydrogens is 307 g/mol. The van der Waals surface area contributed by atoms with Gasteiger partial charge in [0.15, 0.2) is 5.75 Å². The summed E-state index contributed by atoms with van der Waals surface area (Å²) in [5.74, 6) is 2.10. The van der Waals surface area contributed by atoms with Gasteiger partial charge in [-0.1, -0.05) is 29.3 Å². The van der Waals surface area contributed by atoms with Crippen molar-refractivity contribution in [2.24, 2.45) is 11.8 Å². The molecule has 3 rings (SSSR count). The van der Waals surface area contributed by atoms with E-state index in [0.29, 0.717) is 22.4 Å². The van der Waals surface area contributed by atoms with Gasteiger partial charge < -0.3 is 10.1 Å². The number of para-hydroxylation sites is 1. The van der Waals surface area contributed by atoms with E-state index in [0.717, 1.165) is 38.0 Å². The molecule has 0 aromatic heterocycles. The van der Waals surface area contributed by atoms with Crippen LogP contribution in [0, 0.1) is 11.8 Å². The van der Waals surface area contributed by atoms with Crippen LogP contribution >= 0.6 is 23.2 Å². The predicted molar refractivity (Wildman–Crippen MR) is 87.5 cm³/mol. The van der Waals surface area contributed by atoms with Crippen LogP contribution in [0.3, 0.4) is 0 Å². The lowest BCUT2D eigenvalue weighted by molar-refractivity contribution is 0.117. The van der Waals surface area contributed by atoms with Crippen molar-refractivity contribution in [3.05, 3.63) is 28.2 Å². The molecular formula is C16H22Cl2N2O. The SMILES string of the molecule is CC1(C)C2CNCC2CN1CCOc1c(Cl)cccc1Cl. The van der Waals surface area contributed by atoms with Gasteiger partial charge in [0.1, 0.15) is 6.61 Å². The van der Waals surface area contributed by atoms with E-state index in [2.05, 4.69) is 24.1 Å². The molecule has 0 saturated carbocycles. The number of halogens is 2. The average molecular weight is 329 g/mol. The summed E-state index contributed by atoms with van der Waals surface area (Å²) in [6, 6.07) is 5.44. The fraction of sp³-hybridized carbons (Fsp3) is 0.625. The molecule has 2 aliphatic rings. The van der Waals surface area contributed by atoms with Gasteiger partial charge in [-0.2, -0.15) is 0 Å². The first kappa shape index (κ1) is 15.4. The summed E-state index contributed by atoms with van der Waals surface area (Å²) >= 11 is 12.3. The maximum absolute atomic E-state index is 6.13. The number of fused-ring (bicyclic) bond motifs is 1. The van der Waals surface area contributed by atoms with Crippen LogP contribution in [0.25, 0.3) is 0 Å². The summed E-state index contributed by atoms with van der Waals surface area (Å²) in [5, 5.41) is 4.65. The first-order valence-corrected chi connectivity index (χ1v) is 8.28. The third kappa shape index (κ3) is 2.89. The second-order valence-electron chi connectivity index (χ2n) is 6.52. The Hall–Kier alpha value is -0.480. The van der Waals surface area contributed by atoms with Gasteiger partial charge in [-0.3, -0.25) is 4.90 Å². The van der Waals surface area contributed by atoms with E-state index in [9.17, 15) is 0 Å². The number of ether oxygens (including phenoxy) is 1. The molecule has 2 aliphatic heterocycles. The molecule has 1 aromatic carbocycles. The summed E-state index contributed by atoms with van der Waals surface area (Å²) in [5.41, 5.74) is 0.224. The maximum Gasteiger partial charge on any atom is 0.156 e. The second kappa shape index (κ2) is 5.96. The molecule has 2 unspecified atom stereocenters. The van der Waals surface area contributed by atoms with E-state index in [1.807, 2.05) is 6.07 Å². The van der Waals surface area contributed by atoms with E-state index in [1.165, 1.54) is 0 Å². The van der Waals surface area contributed by atoms with E-state index >= 15 is 0 Å². The van der Waals surface area contributed by atoms with E-state index in [1.54, 1.807) is 12.1 Å². The van der Waals surface area contributed by atoms with Crippen LogP contribution in [-0.4, -0.2) is 43.2 Å². The second-order valence-corrected chi connectivity index (χ2v) is 7.34. The van der Waals surface area contributed by atoms with Crippen LogP contribution in [0.4, 0.5) is 0 Å². The Morgan fingerprint density at radius 1 is 1.29 bits per heavy atom. The number of nitrogens with zero attached hydrogens (tertiary/aromatic N) is 1. The predicted octanol–water partition coefficient (Wildman–Crippen LogP) is 3.30. The molecule has 0 aliphatic carbocycles. The zero-order valence-electron chi connectivity index (χ0n) is 12.5. The third-order valence-electron chi connectivity index (χ3n) is 5.04. The zero-order valence-corrected chi connectivity index (χ0v) is 14.0. The van der Waals surface area contributed by atoms with Crippen LogP contribution in [0.2, 0.25) is 10.0 Å². The highest BCUT2D eigenvalue weighted by Crippen LogP contribution is 2.40. The van der Waals surface area contributed by atoms with E-state index in [-0.39, 0.29) is 5.54 Å². The smallest absolute Gasteiger partial charge is 0.156 e. The monoisotopic (exact) mass is 328 g/mol. The van der Waals surface area contributed by atoms with Gasteiger partial charge in [0.2, 0.25) is 0 Å². The zero-order chi connectivity index (χ0) is 15.0. The highest BCUT2D eigenvalue weighted by molar-refractivity contribution is 6.37. The van der Waals surface area contributed by atoms with Crippen LogP contribution in [0.15, 0.2) is 18.2 Å². The lowest BCUT2D eigenvalue weighted by Crippen LogP contribution is -2.46. The number of hydrogen-bond donors (Lipinski definition) is 1. The Morgan fingerprint density at radius 2 is 2.00 bits per heavy atom. The Balaban J connectivity index is 1.59. The fourth-order valence-electron chi connectivity index (χ4n) is 3.76. The van der Waals surface area contributed by atoms with Crippen molar-refractivity contribution < 1.29 is 4.74 Å². The van der Waals surface area contributed by atoms with Crippen LogP contribution in [0.5, 0.6) is 5.75 Å². The van der Waals surface area contributed by atoms with Crippen molar-refractivity contribution in [1.29, 1.82) is 0 Å². The van der Waals surface area contributed by atoms with Crippen LogP contribution in [-0.2, 0) is 0 Å². The summed E-state index contributed by atoms with van der Waals surface area (Å²) in [7, 11) is 0. The lowest BCUT2D eigenvalue weighted by Gasteiger charge is -2.35. The molecule has 0 bridgehead atoms. The minimum Gasteiger partial charge on any atom is -0.489 e. The van der Waals surface area contributed by atoms with Crippen molar-refractivity contribution >= 4 is 23.2 Å². The Morgan fingerprint density at radius 3 is 2.67 bits per heavy atom. The van der Waals surface area contributed by atoms with Crippen molar-refractivity contribution in [1.82, 2.24) is 10.2 Å². The number of rotatable bonds is 4. The number of benzene rings is 1. The van der Waals surface area contributed by atoms with Crippen molar-refractivity contribution in [3.8, 4) is 5.75 Å². The first-order chi connectivity index (χ1) is 10.00. The normalized spacial score (nSPS) is 27.8. The molecule has 21 heavy (non-hydrogen) atoms. The topological polar surface area (TPSA) is 24.5 Å². The van der Waals surface area contributed by atoms with E-state index in [4.69, 9.17) is 27.9 Å². The summed E-state index contributed by atoms with van der Waals surface area (Å²) < 4.78 is 5.82. The minimum absolute atomic E-state index is 0.224. The van der Waals surface area contributed by atoms with Gasteiger partial charge in [-0.25, -0.2) is 0 Å². The summed E-state index contributed by atoms with van der Waals surface area (Å²) in [6.45, 7) is 9.61. The molecule has 0 spiro atoms. The minimum atomic E-state index is 0.224. The van der Waals surface area contributed by atoms with Crippen LogP contribution < -0.4 is 10.1 Å². The van der Waals surface area contributed by atoms with Gasteiger partial charge >= 0.3 is 0 Å². The van der Waals surface area contributed by atoms with Crippen molar-refractivity contribution in [2.45, 2.75) is 19.4 Å². The van der Waals surface area contributed by atoms with Crippen LogP contribution in [0.1, 0.15) is 13.8 Å². The molecule has 5 heteroatoms. The number of hydrogen-bond acceptors (Lipinski definition) is 3. The molecule has 1 N–H and O–H groups in total. The third-order valence-corrected chi connectivity index (χ3v) is 5.64. The molecule has 2 heterocycles. The van der Waals surface area contributed by atoms with E-state index < -0.39 is 0 Å². The van der Waals surface area contributed by atoms with Gasteiger partial charge in [0.05, 0.1) is 10.0 Å². The van der Waals surface area contributed by atoms with Crippen molar-refractivity contribution in [2.75, 3.05) is 32.8 Å². The van der Waals surface area contributed by atoms with Gasteiger partial charge in [-0.05, 0) is 44.4 Å². The van der Waals surface area contributed by atoms with Gasteiger partial charge in [0.25, 0.3) is 0 Å². The highest BCUT2D eigenvalue weighted by Gasteiger charge is 2.49. The molecule has 0 amide bonds. The van der Waals surface area contributed by atoms with Gasteiger partial charge in [-0.15, -0.1) is 0 Å². The summed E-state index contributed by atoms with van der Waals surface area (Å²) in [6.07, 6.45) is 0. The highest BCUT2D eigenvalue weighted by atomic mass is 35.5. The van der Waals surface area contributed by atoms with Gasteiger partial charge in [0, 0.05) is 25.2 Å². The average Bonchev–Trinajstić information content (AvgIpc) is 2.97. The Kier molecular flexibility index (Phi) is 4.37. The standard InChI is InChI=1S/C16H22Cl2N2O/c1-16(2)12-9-19-8-11(12)10-20(16)6-7-21-15-13(17)4-3-5-14(15)18/h3-5,11-12,19H,6-10H2,1-2H3. The molecule has 2 atom stereocenters. The Labute approximate surface area is 136 Å². The largest absolute Gasteiger partial charge is 0.489 e. The number of likely N-dealkylation sites (tertiary alicyclic amines) is 1. The maximum atomic E-state index is 6.13. The lowest BCUT2D eigenvalue weighted by atomic mass is 9.85. The Bertz CT molecular complexity index is 501. The first-order valence-electron chi connectivity index (χ1n) is 7.52. The molecule has 1 aromatic rings. The quantitative estimate of drug-likeness (QED) is 0.917. The molecule has 0 radical (unpaired) electrons. The fourth-order valence-corrected chi connectivity index (χ4v) is 4.27.